The first kappa shape index (κ1) is 18.3. The van der Waals surface area contributed by atoms with Gasteiger partial charge in [0, 0.05) is 19.1 Å². The zero-order chi connectivity index (χ0) is 17.7. The van der Waals surface area contributed by atoms with Gasteiger partial charge in [0.2, 0.25) is 5.89 Å². The maximum atomic E-state index is 12.6. The van der Waals surface area contributed by atoms with Gasteiger partial charge in [0.15, 0.2) is 5.69 Å². The Kier molecular flexibility index (Phi) is 6.23. The number of aromatic nitrogens is 1. The second kappa shape index (κ2) is 8.17. The van der Waals surface area contributed by atoms with Gasteiger partial charge < -0.3 is 20.0 Å². The fraction of sp³-hybridized carbons (Fsp3) is 0.706. The van der Waals surface area contributed by atoms with Crippen LogP contribution in [0.1, 0.15) is 62.2 Å². The third-order valence-corrected chi connectivity index (χ3v) is 4.50. The number of urea groups is 1. The molecule has 24 heavy (non-hydrogen) atoms. The van der Waals surface area contributed by atoms with Crippen LogP contribution >= 0.6 is 0 Å². The van der Waals surface area contributed by atoms with Crippen molar-refractivity contribution >= 4 is 11.9 Å². The van der Waals surface area contributed by atoms with Crippen molar-refractivity contribution < 1.29 is 14.0 Å². The summed E-state index contributed by atoms with van der Waals surface area (Å²) in [6, 6.07) is -0.159. The van der Waals surface area contributed by atoms with E-state index >= 15 is 0 Å². The number of aryl methyl sites for hydroxylation is 1. The lowest BCUT2D eigenvalue weighted by atomic mass is 9.99. The molecule has 1 aromatic heterocycles. The van der Waals surface area contributed by atoms with Gasteiger partial charge in [-0.2, -0.15) is 0 Å². The third kappa shape index (κ3) is 4.72. The predicted molar refractivity (Wildman–Crippen MR) is 90.7 cm³/mol. The number of amides is 3. The Morgan fingerprint density at radius 2 is 2.04 bits per heavy atom. The van der Waals surface area contributed by atoms with Crippen LogP contribution in [0.2, 0.25) is 0 Å². The highest BCUT2D eigenvalue weighted by molar-refractivity contribution is 5.93. The summed E-state index contributed by atoms with van der Waals surface area (Å²) in [7, 11) is 0. The molecule has 7 nitrogen and oxygen atoms in total. The number of nitrogens with zero attached hydrogens (tertiary/aromatic N) is 2. The molecule has 1 aromatic rings. The Bertz CT molecular complexity index is 576. The molecule has 0 saturated carbocycles. The van der Waals surface area contributed by atoms with Crippen LogP contribution in [-0.4, -0.2) is 41.0 Å². The van der Waals surface area contributed by atoms with Gasteiger partial charge in [-0.3, -0.25) is 4.79 Å². The smallest absolute Gasteiger partial charge is 0.315 e. The summed E-state index contributed by atoms with van der Waals surface area (Å²) in [6.07, 6.45) is 2.90. The first-order valence-corrected chi connectivity index (χ1v) is 8.70. The van der Waals surface area contributed by atoms with Gasteiger partial charge in [0.05, 0.1) is 6.54 Å². The van der Waals surface area contributed by atoms with Gasteiger partial charge in [-0.1, -0.05) is 13.8 Å². The van der Waals surface area contributed by atoms with Crippen LogP contribution in [0.5, 0.6) is 0 Å². The average molecular weight is 336 g/mol. The van der Waals surface area contributed by atoms with Crippen LogP contribution in [0.15, 0.2) is 4.42 Å². The van der Waals surface area contributed by atoms with Crippen LogP contribution in [0.3, 0.4) is 0 Å². The lowest BCUT2D eigenvalue weighted by molar-refractivity contribution is 0.0690. The molecule has 1 aliphatic heterocycles. The normalized spacial score (nSPS) is 16.8. The van der Waals surface area contributed by atoms with Crippen molar-refractivity contribution in [1.82, 2.24) is 20.5 Å². The SMILES string of the molecule is CC[C@H](C)NC(=O)NCc1nc(C(=O)N2CCC(C)CC2)c(C)o1. The van der Waals surface area contributed by atoms with Crippen LogP contribution in [0.25, 0.3) is 0 Å². The summed E-state index contributed by atoms with van der Waals surface area (Å²) >= 11 is 0. The minimum Gasteiger partial charge on any atom is -0.443 e. The number of carbonyl (C=O) groups is 2. The molecular weight excluding hydrogens is 308 g/mol. The highest BCUT2D eigenvalue weighted by Gasteiger charge is 2.26. The molecule has 3 amide bonds. The number of rotatable bonds is 5. The summed E-state index contributed by atoms with van der Waals surface area (Å²) in [5, 5.41) is 5.50. The van der Waals surface area contributed by atoms with Crippen LogP contribution in [0.4, 0.5) is 4.79 Å². The number of piperidine rings is 1. The standard InChI is InChI=1S/C17H28N4O3/c1-5-12(3)19-17(23)18-10-14-20-15(13(4)24-14)16(22)21-8-6-11(2)7-9-21/h11-12H,5-10H2,1-4H3,(H2,18,19,23)/t12-/m0/s1. The monoisotopic (exact) mass is 336 g/mol. The van der Waals surface area contributed by atoms with E-state index in [0.717, 1.165) is 32.4 Å². The maximum Gasteiger partial charge on any atom is 0.315 e. The molecule has 2 heterocycles. The van der Waals surface area contributed by atoms with Gasteiger partial charge in [-0.15, -0.1) is 0 Å². The fourth-order valence-corrected chi connectivity index (χ4v) is 2.62. The summed E-state index contributed by atoms with van der Waals surface area (Å²) in [6.45, 7) is 9.56. The number of nitrogens with one attached hydrogen (secondary N) is 2. The molecule has 7 heteroatoms. The van der Waals surface area contributed by atoms with Crippen molar-refractivity contribution in [3.63, 3.8) is 0 Å². The zero-order valence-electron chi connectivity index (χ0n) is 15.0. The largest absolute Gasteiger partial charge is 0.443 e. The van der Waals surface area contributed by atoms with Crippen molar-refractivity contribution in [2.45, 2.75) is 59.5 Å². The van der Waals surface area contributed by atoms with E-state index in [4.69, 9.17) is 4.42 Å². The molecule has 0 radical (unpaired) electrons. The quantitative estimate of drug-likeness (QED) is 0.864. The summed E-state index contributed by atoms with van der Waals surface area (Å²) in [4.78, 5) is 30.4. The molecular formula is C17H28N4O3. The van der Waals surface area contributed by atoms with Crippen molar-refractivity contribution in [3.05, 3.63) is 17.3 Å². The minimum absolute atomic E-state index is 0.0848. The summed E-state index contributed by atoms with van der Waals surface area (Å²) < 4.78 is 5.53. The average Bonchev–Trinajstić information content (AvgIpc) is 2.93. The first-order valence-electron chi connectivity index (χ1n) is 8.70. The van der Waals surface area contributed by atoms with Crippen molar-refractivity contribution in [2.75, 3.05) is 13.1 Å². The molecule has 0 aliphatic carbocycles. The van der Waals surface area contributed by atoms with E-state index in [9.17, 15) is 9.59 Å². The predicted octanol–water partition coefficient (Wildman–Crippen LogP) is 2.45. The number of oxazole rings is 1. The van der Waals surface area contributed by atoms with E-state index in [-0.39, 0.29) is 24.5 Å². The maximum absolute atomic E-state index is 12.6. The lowest BCUT2D eigenvalue weighted by Gasteiger charge is -2.29. The Hall–Kier alpha value is -2.05. The summed E-state index contributed by atoms with van der Waals surface area (Å²) in [5.74, 6) is 1.42. The van der Waals surface area contributed by atoms with Crippen LogP contribution in [-0.2, 0) is 6.54 Å². The van der Waals surface area contributed by atoms with Crippen LogP contribution < -0.4 is 10.6 Å². The molecule has 2 rings (SSSR count). The molecule has 0 bridgehead atoms. The number of hydrogen-bond acceptors (Lipinski definition) is 4. The number of likely N-dealkylation sites (tertiary alicyclic amines) is 1. The Morgan fingerprint density at radius 1 is 1.38 bits per heavy atom. The van der Waals surface area contributed by atoms with E-state index in [1.54, 1.807) is 6.92 Å². The fourth-order valence-electron chi connectivity index (χ4n) is 2.62. The molecule has 1 fully saturated rings. The van der Waals surface area contributed by atoms with Gasteiger partial charge in [-0.25, -0.2) is 9.78 Å². The topological polar surface area (TPSA) is 87.5 Å². The highest BCUT2D eigenvalue weighted by atomic mass is 16.4. The van der Waals surface area contributed by atoms with E-state index in [1.165, 1.54) is 0 Å². The minimum atomic E-state index is -0.266. The Balaban J connectivity index is 1.92. The molecule has 1 saturated heterocycles. The molecule has 0 unspecified atom stereocenters. The number of carbonyl (C=O) groups excluding carboxylic acids is 2. The van der Waals surface area contributed by atoms with Crippen molar-refractivity contribution in [2.24, 2.45) is 5.92 Å². The van der Waals surface area contributed by atoms with E-state index in [0.29, 0.717) is 23.3 Å². The van der Waals surface area contributed by atoms with Crippen molar-refractivity contribution in [1.29, 1.82) is 0 Å². The van der Waals surface area contributed by atoms with Crippen molar-refractivity contribution in [3.8, 4) is 0 Å². The van der Waals surface area contributed by atoms with Crippen LogP contribution in [0, 0.1) is 12.8 Å². The van der Waals surface area contributed by atoms with Gasteiger partial charge >= 0.3 is 6.03 Å². The Morgan fingerprint density at radius 3 is 2.67 bits per heavy atom. The molecule has 0 spiro atoms. The Labute approximate surface area is 143 Å². The van der Waals surface area contributed by atoms with E-state index < -0.39 is 0 Å². The molecule has 1 aliphatic rings. The van der Waals surface area contributed by atoms with E-state index in [1.807, 2.05) is 18.7 Å². The molecule has 134 valence electrons. The van der Waals surface area contributed by atoms with Gasteiger partial charge in [-0.05, 0) is 39.0 Å². The third-order valence-electron chi connectivity index (χ3n) is 4.50. The van der Waals surface area contributed by atoms with E-state index in [2.05, 4.69) is 22.5 Å². The lowest BCUT2D eigenvalue weighted by Crippen LogP contribution is -2.40. The second-order valence-electron chi connectivity index (χ2n) is 6.62. The molecule has 1 atom stereocenters. The summed E-state index contributed by atoms with van der Waals surface area (Å²) in [5.41, 5.74) is 0.351. The number of hydrogen-bond donors (Lipinski definition) is 2. The highest BCUT2D eigenvalue weighted by Crippen LogP contribution is 2.19. The molecule has 2 N–H and O–H groups in total. The second-order valence-corrected chi connectivity index (χ2v) is 6.62. The first-order chi connectivity index (χ1) is 11.4. The van der Waals surface area contributed by atoms with Gasteiger partial charge in [0.25, 0.3) is 5.91 Å². The zero-order valence-corrected chi connectivity index (χ0v) is 15.0. The van der Waals surface area contributed by atoms with Gasteiger partial charge in [0.1, 0.15) is 5.76 Å². The molecule has 0 aromatic carbocycles.